The van der Waals surface area contributed by atoms with Gasteiger partial charge in [0.25, 0.3) is 0 Å². The fourth-order valence-electron chi connectivity index (χ4n) is 4.75. The summed E-state index contributed by atoms with van der Waals surface area (Å²) in [6, 6.07) is 36.5. The normalized spacial score (nSPS) is 18.6. The summed E-state index contributed by atoms with van der Waals surface area (Å²) >= 11 is 0. The average Bonchev–Trinajstić information content (AvgIpc) is 3.27. The number of benzene rings is 4. The summed E-state index contributed by atoms with van der Waals surface area (Å²) in [6.45, 7) is 6.70. The number of amides is 1. The van der Waals surface area contributed by atoms with E-state index in [0.29, 0.717) is 11.4 Å². The van der Waals surface area contributed by atoms with E-state index in [2.05, 4.69) is 6.58 Å². The molecule has 0 saturated carbocycles. The van der Waals surface area contributed by atoms with Gasteiger partial charge in [-0.15, -0.1) is 0 Å². The quantitative estimate of drug-likeness (QED) is 0.284. The molecule has 1 saturated heterocycles. The average molecular weight is 493 g/mol. The van der Waals surface area contributed by atoms with Crippen LogP contribution in [0.5, 0.6) is 0 Å². The lowest BCUT2D eigenvalue weighted by atomic mass is 9.90. The Morgan fingerprint density at radius 3 is 1.83 bits per heavy atom. The summed E-state index contributed by atoms with van der Waals surface area (Å²) in [6.07, 6.45) is 0. The molecule has 5 heteroatoms. The SMILES string of the molecule is C=C1CN(S(=O)c2ccc(C)cc2)[C@@H](c2ccccc2)[C@@H]1C(=O)N(c1ccccc1)c1ccccc1. The molecular formula is C31H28N2O2S. The molecule has 0 bridgehead atoms. The van der Waals surface area contributed by atoms with Gasteiger partial charge in [0, 0.05) is 17.9 Å². The maximum atomic E-state index is 14.4. The zero-order valence-electron chi connectivity index (χ0n) is 20.2. The first kappa shape index (κ1) is 23.9. The summed E-state index contributed by atoms with van der Waals surface area (Å²) in [5.41, 5.74) is 4.37. The van der Waals surface area contributed by atoms with Crippen molar-refractivity contribution < 1.29 is 9.00 Å². The number of rotatable bonds is 6. The zero-order chi connectivity index (χ0) is 25.1. The second-order valence-corrected chi connectivity index (χ2v) is 10.4. The van der Waals surface area contributed by atoms with Crippen molar-refractivity contribution in [3.8, 4) is 0 Å². The van der Waals surface area contributed by atoms with E-state index in [0.717, 1.165) is 28.1 Å². The van der Waals surface area contributed by atoms with E-state index >= 15 is 0 Å². The first-order chi connectivity index (χ1) is 17.5. The molecule has 1 unspecified atom stereocenters. The number of para-hydroxylation sites is 2. The highest BCUT2D eigenvalue weighted by Gasteiger charge is 2.46. The summed E-state index contributed by atoms with van der Waals surface area (Å²) in [4.78, 5) is 16.9. The second kappa shape index (κ2) is 10.4. The minimum Gasteiger partial charge on any atom is -0.280 e. The number of anilines is 2. The predicted octanol–water partition coefficient (Wildman–Crippen LogP) is 6.61. The highest BCUT2D eigenvalue weighted by molar-refractivity contribution is 7.82. The van der Waals surface area contributed by atoms with E-state index in [1.54, 1.807) is 4.90 Å². The van der Waals surface area contributed by atoms with Gasteiger partial charge in [-0.25, -0.2) is 8.51 Å². The standard InChI is InChI=1S/C31H28N2O2S/c1-23-18-20-28(21-19-23)36(35)32-22-24(2)29(30(32)25-12-6-3-7-13-25)31(34)33(26-14-8-4-9-15-26)27-16-10-5-11-17-27/h3-21,29-30H,2,22H2,1H3/t29-,30+,36?/m1/s1. The molecule has 180 valence electrons. The number of carbonyl (C=O) groups excluding carboxylic acids is 1. The lowest BCUT2D eigenvalue weighted by Gasteiger charge is -2.31. The Morgan fingerprint density at radius 2 is 1.31 bits per heavy atom. The van der Waals surface area contributed by atoms with Gasteiger partial charge in [-0.05, 0) is 54.5 Å². The van der Waals surface area contributed by atoms with Crippen molar-refractivity contribution in [3.05, 3.63) is 139 Å². The molecule has 1 aliphatic heterocycles. The van der Waals surface area contributed by atoms with Crippen LogP contribution in [0.3, 0.4) is 0 Å². The Hall–Kier alpha value is -3.80. The summed E-state index contributed by atoms with van der Waals surface area (Å²) in [7, 11) is -1.46. The van der Waals surface area contributed by atoms with Gasteiger partial charge < -0.3 is 0 Å². The third kappa shape index (κ3) is 4.68. The van der Waals surface area contributed by atoms with Gasteiger partial charge in [0.2, 0.25) is 5.91 Å². The van der Waals surface area contributed by atoms with Gasteiger partial charge in [0.15, 0.2) is 0 Å². The Balaban J connectivity index is 1.59. The maximum Gasteiger partial charge on any atom is 0.240 e. The van der Waals surface area contributed by atoms with Crippen LogP contribution < -0.4 is 4.90 Å². The fourth-order valence-corrected chi connectivity index (χ4v) is 6.13. The van der Waals surface area contributed by atoms with Crippen molar-refractivity contribution in [1.82, 2.24) is 4.31 Å². The van der Waals surface area contributed by atoms with E-state index in [1.807, 2.05) is 126 Å². The van der Waals surface area contributed by atoms with Crippen molar-refractivity contribution in [3.63, 3.8) is 0 Å². The number of nitrogens with zero attached hydrogens (tertiary/aromatic N) is 2. The molecule has 36 heavy (non-hydrogen) atoms. The minimum absolute atomic E-state index is 0.0883. The highest BCUT2D eigenvalue weighted by atomic mass is 32.2. The van der Waals surface area contributed by atoms with Crippen LogP contribution in [0, 0.1) is 12.8 Å². The van der Waals surface area contributed by atoms with Crippen LogP contribution in [0.15, 0.2) is 132 Å². The number of hydrogen-bond donors (Lipinski definition) is 0. The molecule has 4 nitrogen and oxygen atoms in total. The van der Waals surface area contributed by atoms with E-state index in [1.165, 1.54) is 0 Å². The predicted molar refractivity (Wildman–Crippen MR) is 146 cm³/mol. The molecule has 4 aromatic rings. The first-order valence-electron chi connectivity index (χ1n) is 12.0. The third-order valence-electron chi connectivity index (χ3n) is 6.52. The molecule has 3 atom stereocenters. The Bertz CT molecular complexity index is 1330. The van der Waals surface area contributed by atoms with Gasteiger partial charge in [-0.1, -0.05) is 91.0 Å². The zero-order valence-corrected chi connectivity index (χ0v) is 21.0. The molecule has 1 heterocycles. The maximum absolute atomic E-state index is 14.4. The van der Waals surface area contributed by atoms with Crippen LogP contribution in [-0.4, -0.2) is 21.0 Å². The van der Waals surface area contributed by atoms with Crippen molar-refractivity contribution in [1.29, 1.82) is 0 Å². The molecule has 0 aromatic heterocycles. The molecule has 4 aromatic carbocycles. The van der Waals surface area contributed by atoms with Crippen molar-refractivity contribution in [2.24, 2.45) is 5.92 Å². The molecule has 0 radical (unpaired) electrons. The molecule has 5 rings (SSSR count). The highest BCUT2D eigenvalue weighted by Crippen LogP contribution is 2.44. The largest absolute Gasteiger partial charge is 0.280 e. The van der Waals surface area contributed by atoms with Crippen molar-refractivity contribution in [2.75, 3.05) is 11.4 Å². The summed E-state index contributed by atoms with van der Waals surface area (Å²) in [5, 5.41) is 0. The minimum atomic E-state index is -1.46. The van der Waals surface area contributed by atoms with Gasteiger partial charge in [0.1, 0.15) is 11.0 Å². The van der Waals surface area contributed by atoms with Crippen LogP contribution in [0.1, 0.15) is 17.2 Å². The Labute approximate surface area is 215 Å². The van der Waals surface area contributed by atoms with Crippen LogP contribution in [0.4, 0.5) is 11.4 Å². The lowest BCUT2D eigenvalue weighted by Crippen LogP contribution is -2.37. The second-order valence-electron chi connectivity index (χ2n) is 8.97. The fraction of sp³-hybridized carbons (Fsp3) is 0.129. The van der Waals surface area contributed by atoms with Gasteiger partial charge in [-0.3, -0.25) is 9.69 Å². The molecule has 0 aliphatic carbocycles. The van der Waals surface area contributed by atoms with E-state index < -0.39 is 22.9 Å². The van der Waals surface area contributed by atoms with Crippen LogP contribution in [0.2, 0.25) is 0 Å². The van der Waals surface area contributed by atoms with Crippen LogP contribution in [-0.2, 0) is 15.8 Å². The summed E-state index contributed by atoms with van der Waals surface area (Å²) < 4.78 is 15.7. The van der Waals surface area contributed by atoms with E-state index in [4.69, 9.17) is 0 Å². The monoisotopic (exact) mass is 492 g/mol. The van der Waals surface area contributed by atoms with E-state index in [-0.39, 0.29) is 5.91 Å². The van der Waals surface area contributed by atoms with Crippen LogP contribution >= 0.6 is 0 Å². The number of carbonyl (C=O) groups is 1. The molecule has 1 fully saturated rings. The number of aryl methyl sites for hydroxylation is 1. The van der Waals surface area contributed by atoms with Gasteiger partial charge in [0.05, 0.1) is 16.9 Å². The first-order valence-corrected chi connectivity index (χ1v) is 13.1. The lowest BCUT2D eigenvalue weighted by molar-refractivity contribution is -0.121. The van der Waals surface area contributed by atoms with Crippen molar-refractivity contribution >= 4 is 28.3 Å². The smallest absolute Gasteiger partial charge is 0.240 e. The molecule has 0 N–H and O–H groups in total. The molecule has 1 aliphatic rings. The van der Waals surface area contributed by atoms with E-state index in [9.17, 15) is 9.00 Å². The van der Waals surface area contributed by atoms with Crippen molar-refractivity contribution in [2.45, 2.75) is 17.9 Å². The van der Waals surface area contributed by atoms with Crippen LogP contribution in [0.25, 0.3) is 0 Å². The Morgan fingerprint density at radius 1 is 0.806 bits per heavy atom. The number of hydrogen-bond acceptors (Lipinski definition) is 2. The van der Waals surface area contributed by atoms with Gasteiger partial charge >= 0.3 is 0 Å². The topological polar surface area (TPSA) is 40.6 Å². The van der Waals surface area contributed by atoms with Gasteiger partial charge in [-0.2, -0.15) is 0 Å². The molecule has 0 spiro atoms. The molecular weight excluding hydrogens is 464 g/mol. The summed E-state index contributed by atoms with van der Waals surface area (Å²) in [5.74, 6) is -0.656. The molecule has 1 amide bonds. The third-order valence-corrected chi connectivity index (χ3v) is 7.97. The Kier molecular flexibility index (Phi) is 6.94.